The highest BCUT2D eigenvalue weighted by Crippen LogP contribution is 2.34. The molecule has 0 saturated heterocycles. The number of oxazole rings is 1. The van der Waals surface area contributed by atoms with Gasteiger partial charge in [-0.2, -0.15) is 13.2 Å². The van der Waals surface area contributed by atoms with Gasteiger partial charge in [0.05, 0.1) is 11.8 Å². The van der Waals surface area contributed by atoms with Gasteiger partial charge in [0.1, 0.15) is 12.0 Å². The molecule has 0 radical (unpaired) electrons. The third kappa shape index (κ3) is 3.71. The van der Waals surface area contributed by atoms with E-state index in [1.807, 2.05) is 0 Å². The van der Waals surface area contributed by atoms with E-state index < -0.39 is 17.8 Å². The molecule has 3 aromatic rings. The average Bonchev–Trinajstić information content (AvgIpc) is 3.07. The van der Waals surface area contributed by atoms with Crippen molar-refractivity contribution in [2.24, 2.45) is 0 Å². The smallest absolute Gasteiger partial charge is 0.416 e. The van der Waals surface area contributed by atoms with Gasteiger partial charge in [-0.25, -0.2) is 4.98 Å². The van der Waals surface area contributed by atoms with Crippen molar-refractivity contribution in [2.75, 3.05) is 0 Å². The summed E-state index contributed by atoms with van der Waals surface area (Å²) in [6.07, 6.45) is -2.43. The lowest BCUT2D eigenvalue weighted by Gasteiger charge is -2.17. The van der Waals surface area contributed by atoms with Crippen LogP contribution in [0, 0.1) is 0 Å². The Bertz CT molecular complexity index is 801. The first kappa shape index (κ1) is 16.4. The largest absolute Gasteiger partial charge is 0.476 e. The molecule has 0 amide bonds. The van der Waals surface area contributed by atoms with E-state index in [1.165, 1.54) is 24.6 Å². The Hall–Kier alpha value is -2.47. The summed E-state index contributed by atoms with van der Waals surface area (Å²) in [6.45, 7) is 0. The summed E-state index contributed by atoms with van der Waals surface area (Å²) in [5.74, 6) is 0.290. The van der Waals surface area contributed by atoms with Gasteiger partial charge in [0.2, 0.25) is 5.89 Å². The highest BCUT2D eigenvalue weighted by molar-refractivity contribution is 6.30. The van der Waals surface area contributed by atoms with Gasteiger partial charge in [0.25, 0.3) is 0 Å². The molecule has 7 heteroatoms. The highest BCUT2D eigenvalue weighted by atomic mass is 35.5. The second kappa shape index (κ2) is 6.57. The van der Waals surface area contributed by atoms with Crippen molar-refractivity contribution in [3.05, 3.63) is 83.0 Å². The zero-order valence-electron chi connectivity index (χ0n) is 12.1. The fourth-order valence-electron chi connectivity index (χ4n) is 2.14. The normalized spacial score (nSPS) is 12.8. The molecule has 124 valence electrons. The molecule has 0 saturated carbocycles. The lowest BCUT2D eigenvalue weighted by molar-refractivity contribution is -0.137. The van der Waals surface area contributed by atoms with Gasteiger partial charge in [0.15, 0.2) is 6.10 Å². The molecule has 1 aromatic heterocycles. The van der Waals surface area contributed by atoms with Crippen molar-refractivity contribution in [3.63, 3.8) is 0 Å². The van der Waals surface area contributed by atoms with Crippen molar-refractivity contribution in [1.29, 1.82) is 0 Å². The van der Waals surface area contributed by atoms with Crippen LogP contribution in [0.2, 0.25) is 5.02 Å². The van der Waals surface area contributed by atoms with Gasteiger partial charge in [-0.3, -0.25) is 0 Å². The van der Waals surface area contributed by atoms with Crippen LogP contribution >= 0.6 is 11.6 Å². The number of nitrogens with zero attached hydrogens (tertiary/aromatic N) is 1. The SMILES string of the molecule is FC(F)(F)c1cccc(OC(c2ccc(Cl)cc2)c2ncco2)c1. The van der Waals surface area contributed by atoms with Gasteiger partial charge < -0.3 is 9.15 Å². The quantitative estimate of drug-likeness (QED) is 0.620. The lowest BCUT2D eigenvalue weighted by atomic mass is 10.1. The molecule has 0 aliphatic heterocycles. The van der Waals surface area contributed by atoms with Crippen molar-refractivity contribution in [2.45, 2.75) is 12.3 Å². The molecule has 0 spiro atoms. The maximum Gasteiger partial charge on any atom is 0.416 e. The molecule has 24 heavy (non-hydrogen) atoms. The first-order valence-electron chi connectivity index (χ1n) is 6.92. The van der Waals surface area contributed by atoms with E-state index in [9.17, 15) is 13.2 Å². The predicted octanol–water partition coefficient (Wildman–Crippen LogP) is 5.52. The van der Waals surface area contributed by atoms with E-state index in [4.69, 9.17) is 20.8 Å². The second-order valence-electron chi connectivity index (χ2n) is 4.95. The molecule has 0 bridgehead atoms. The van der Waals surface area contributed by atoms with Gasteiger partial charge in [-0.05, 0) is 30.3 Å². The number of alkyl halides is 3. The molecule has 0 aliphatic rings. The first-order chi connectivity index (χ1) is 11.4. The topological polar surface area (TPSA) is 35.3 Å². The summed E-state index contributed by atoms with van der Waals surface area (Å²) in [6, 6.07) is 11.4. The average molecular weight is 354 g/mol. The Balaban J connectivity index is 1.95. The third-order valence-corrected chi connectivity index (χ3v) is 3.52. The Kier molecular flexibility index (Phi) is 4.49. The number of hydrogen-bond donors (Lipinski definition) is 0. The van der Waals surface area contributed by atoms with E-state index >= 15 is 0 Å². The van der Waals surface area contributed by atoms with Crippen molar-refractivity contribution < 1.29 is 22.3 Å². The summed E-state index contributed by atoms with van der Waals surface area (Å²) < 4.78 is 49.5. The number of halogens is 4. The molecular formula is C17H11ClF3NO2. The summed E-state index contributed by atoms with van der Waals surface area (Å²) >= 11 is 5.87. The van der Waals surface area contributed by atoms with Crippen molar-refractivity contribution in [1.82, 2.24) is 4.98 Å². The summed E-state index contributed by atoms with van der Waals surface area (Å²) in [4.78, 5) is 4.04. The maximum absolute atomic E-state index is 12.8. The fourth-order valence-corrected chi connectivity index (χ4v) is 2.27. The summed E-state index contributed by atoms with van der Waals surface area (Å²) in [5.41, 5.74) is -0.137. The van der Waals surface area contributed by atoms with Crippen LogP contribution in [0.5, 0.6) is 5.75 Å². The number of aromatic nitrogens is 1. The van der Waals surface area contributed by atoms with Crippen LogP contribution in [0.1, 0.15) is 23.1 Å². The maximum atomic E-state index is 12.8. The molecule has 1 unspecified atom stereocenters. The first-order valence-corrected chi connectivity index (χ1v) is 7.30. The molecule has 1 atom stereocenters. The van der Waals surface area contributed by atoms with Crippen LogP contribution in [0.25, 0.3) is 0 Å². The second-order valence-corrected chi connectivity index (χ2v) is 5.38. The molecule has 1 heterocycles. The van der Waals surface area contributed by atoms with Crippen molar-refractivity contribution >= 4 is 11.6 Å². The molecule has 2 aromatic carbocycles. The molecule has 0 aliphatic carbocycles. The van der Waals surface area contributed by atoms with Crippen LogP contribution in [0.4, 0.5) is 13.2 Å². The number of hydrogen-bond acceptors (Lipinski definition) is 3. The minimum Gasteiger partial charge on any atom is -0.476 e. The van der Waals surface area contributed by atoms with Crippen LogP contribution in [0.3, 0.4) is 0 Å². The Morgan fingerprint density at radius 1 is 1.08 bits per heavy atom. The minimum absolute atomic E-state index is 0.0583. The van der Waals surface area contributed by atoms with E-state index in [0.717, 1.165) is 12.1 Å². The number of benzene rings is 2. The van der Waals surface area contributed by atoms with E-state index in [-0.39, 0.29) is 11.6 Å². The predicted molar refractivity (Wildman–Crippen MR) is 81.9 cm³/mol. The van der Waals surface area contributed by atoms with E-state index in [2.05, 4.69) is 4.98 Å². The Morgan fingerprint density at radius 3 is 2.46 bits per heavy atom. The van der Waals surface area contributed by atoms with Crippen LogP contribution in [-0.2, 0) is 6.18 Å². The molecule has 0 fully saturated rings. The van der Waals surface area contributed by atoms with Gasteiger partial charge in [0, 0.05) is 10.6 Å². The zero-order chi connectivity index (χ0) is 17.2. The van der Waals surface area contributed by atoms with E-state index in [1.54, 1.807) is 24.3 Å². The molecule has 3 nitrogen and oxygen atoms in total. The van der Waals surface area contributed by atoms with Crippen LogP contribution in [-0.4, -0.2) is 4.98 Å². The summed E-state index contributed by atoms with van der Waals surface area (Å²) in [5, 5.41) is 0.531. The molecular weight excluding hydrogens is 343 g/mol. The van der Waals surface area contributed by atoms with Crippen LogP contribution in [0.15, 0.2) is 65.4 Å². The van der Waals surface area contributed by atoms with E-state index in [0.29, 0.717) is 10.6 Å². The lowest BCUT2D eigenvalue weighted by Crippen LogP contribution is -2.11. The standard InChI is InChI=1S/C17H11ClF3NO2/c18-13-6-4-11(5-7-13)15(16-22-8-9-23-16)24-14-3-1-2-12(10-14)17(19,20)21/h1-10,15H. The van der Waals surface area contributed by atoms with Gasteiger partial charge in [-0.1, -0.05) is 29.8 Å². The number of rotatable bonds is 4. The highest BCUT2D eigenvalue weighted by Gasteiger charge is 2.31. The molecule has 3 rings (SSSR count). The van der Waals surface area contributed by atoms with Crippen LogP contribution < -0.4 is 4.74 Å². The monoisotopic (exact) mass is 353 g/mol. The van der Waals surface area contributed by atoms with Crippen molar-refractivity contribution in [3.8, 4) is 5.75 Å². The Labute approximate surface area is 140 Å². The van der Waals surface area contributed by atoms with Gasteiger partial charge in [-0.15, -0.1) is 0 Å². The third-order valence-electron chi connectivity index (χ3n) is 3.26. The summed E-state index contributed by atoms with van der Waals surface area (Å²) in [7, 11) is 0. The van der Waals surface area contributed by atoms with Gasteiger partial charge >= 0.3 is 6.18 Å². The zero-order valence-corrected chi connectivity index (χ0v) is 12.9. The fraction of sp³-hybridized carbons (Fsp3) is 0.118. The minimum atomic E-state index is -4.45. The Morgan fingerprint density at radius 2 is 1.83 bits per heavy atom. The molecule has 0 N–H and O–H groups in total. The number of ether oxygens (including phenoxy) is 1.